The molecule has 0 heterocycles. The second-order valence-electron chi connectivity index (χ2n) is 4.25. The Balaban J connectivity index is 2.51. The summed E-state index contributed by atoms with van der Waals surface area (Å²) in [4.78, 5) is 13.6. The van der Waals surface area contributed by atoms with Crippen molar-refractivity contribution < 1.29 is 9.90 Å². The second-order valence-corrected chi connectivity index (χ2v) is 5.23. The predicted molar refractivity (Wildman–Crippen MR) is 75.6 cm³/mol. The van der Waals surface area contributed by atoms with E-state index in [1.54, 1.807) is 48.0 Å². The molecule has 1 atom stereocenters. The number of nitrogens with two attached hydrogens (primary N) is 1. The van der Waals surface area contributed by atoms with E-state index in [2.05, 4.69) is 0 Å². The molecule has 5 heteroatoms. The molecule has 0 unspecified atom stereocenters. The maximum atomic E-state index is 12.0. The summed E-state index contributed by atoms with van der Waals surface area (Å²) in [6.07, 6.45) is 2.69. The van der Waals surface area contributed by atoms with Gasteiger partial charge in [0.25, 0.3) is 0 Å². The number of hydrogen-bond donors (Lipinski definition) is 2. The van der Waals surface area contributed by atoms with Crippen molar-refractivity contribution in [1.29, 1.82) is 0 Å². The van der Waals surface area contributed by atoms with Crippen LogP contribution >= 0.6 is 11.8 Å². The molecule has 3 N–H and O–H groups in total. The first-order valence-corrected chi connectivity index (χ1v) is 7.21. The van der Waals surface area contributed by atoms with E-state index in [1.165, 1.54) is 0 Å². The number of amides is 1. The fourth-order valence-electron chi connectivity index (χ4n) is 1.60. The van der Waals surface area contributed by atoms with Crippen molar-refractivity contribution in [3.8, 4) is 5.75 Å². The van der Waals surface area contributed by atoms with E-state index in [0.29, 0.717) is 13.0 Å². The van der Waals surface area contributed by atoms with E-state index < -0.39 is 6.04 Å². The minimum Gasteiger partial charge on any atom is -0.508 e. The van der Waals surface area contributed by atoms with Gasteiger partial charge in [0.1, 0.15) is 5.75 Å². The minimum absolute atomic E-state index is 0.0443. The van der Waals surface area contributed by atoms with Crippen molar-refractivity contribution in [3.05, 3.63) is 29.8 Å². The van der Waals surface area contributed by atoms with Gasteiger partial charge >= 0.3 is 0 Å². The van der Waals surface area contributed by atoms with Crippen molar-refractivity contribution in [1.82, 2.24) is 4.90 Å². The van der Waals surface area contributed by atoms with Gasteiger partial charge in [-0.2, -0.15) is 11.8 Å². The number of aromatic hydroxyl groups is 1. The number of nitrogens with zero attached hydrogens (tertiary/aromatic N) is 1. The van der Waals surface area contributed by atoms with Crippen molar-refractivity contribution in [2.45, 2.75) is 19.0 Å². The van der Waals surface area contributed by atoms with Gasteiger partial charge in [0.15, 0.2) is 0 Å². The zero-order valence-electron chi connectivity index (χ0n) is 10.8. The molecule has 100 valence electrons. The highest BCUT2D eigenvalue weighted by atomic mass is 32.2. The van der Waals surface area contributed by atoms with Gasteiger partial charge in [-0.1, -0.05) is 12.1 Å². The molecular formula is C13H20N2O2S. The van der Waals surface area contributed by atoms with Crippen LogP contribution in [-0.2, 0) is 11.3 Å². The number of carbonyl (C=O) groups excluding carboxylic acids is 1. The smallest absolute Gasteiger partial charge is 0.239 e. The first-order chi connectivity index (χ1) is 8.54. The average molecular weight is 268 g/mol. The minimum atomic E-state index is -0.431. The Hall–Kier alpha value is -1.20. The third-order valence-corrected chi connectivity index (χ3v) is 3.33. The zero-order chi connectivity index (χ0) is 13.5. The van der Waals surface area contributed by atoms with Crippen molar-refractivity contribution >= 4 is 17.7 Å². The monoisotopic (exact) mass is 268 g/mol. The highest BCUT2D eigenvalue weighted by Gasteiger charge is 2.17. The molecule has 1 aromatic carbocycles. The van der Waals surface area contributed by atoms with Gasteiger partial charge in [-0.15, -0.1) is 0 Å². The number of phenolic OH excluding ortho intramolecular Hbond substituents is 1. The van der Waals surface area contributed by atoms with Crippen LogP contribution in [-0.4, -0.2) is 41.0 Å². The molecule has 0 saturated heterocycles. The number of hydrogen-bond acceptors (Lipinski definition) is 4. The van der Waals surface area contributed by atoms with Gasteiger partial charge in [0, 0.05) is 13.6 Å². The second kappa shape index (κ2) is 7.28. The first-order valence-electron chi connectivity index (χ1n) is 5.82. The van der Waals surface area contributed by atoms with Crippen LogP contribution in [0, 0.1) is 0 Å². The summed E-state index contributed by atoms with van der Waals surface area (Å²) >= 11 is 1.69. The summed E-state index contributed by atoms with van der Waals surface area (Å²) < 4.78 is 0. The maximum Gasteiger partial charge on any atom is 0.239 e. The van der Waals surface area contributed by atoms with Gasteiger partial charge in [-0.05, 0) is 36.1 Å². The Labute approximate surface area is 112 Å². The summed E-state index contributed by atoms with van der Waals surface area (Å²) in [5.74, 6) is 1.07. The topological polar surface area (TPSA) is 66.6 Å². The Morgan fingerprint density at radius 1 is 1.44 bits per heavy atom. The zero-order valence-corrected chi connectivity index (χ0v) is 11.6. The number of benzene rings is 1. The molecule has 0 saturated carbocycles. The molecule has 0 aliphatic rings. The summed E-state index contributed by atoms with van der Waals surface area (Å²) in [5.41, 5.74) is 6.81. The van der Waals surface area contributed by atoms with Crippen molar-refractivity contribution in [2.24, 2.45) is 5.73 Å². The molecule has 1 rings (SSSR count). The molecule has 1 amide bonds. The van der Waals surface area contributed by atoms with E-state index in [-0.39, 0.29) is 11.7 Å². The van der Waals surface area contributed by atoms with Crippen LogP contribution in [0.5, 0.6) is 5.75 Å². The lowest BCUT2D eigenvalue weighted by Gasteiger charge is -2.21. The molecule has 1 aromatic rings. The van der Waals surface area contributed by atoms with Crippen LogP contribution in [0.25, 0.3) is 0 Å². The molecule has 0 spiro atoms. The average Bonchev–Trinajstić information content (AvgIpc) is 2.37. The number of likely N-dealkylation sites (N-methyl/N-ethyl adjacent to an activating group) is 1. The Bertz CT molecular complexity index is 381. The van der Waals surface area contributed by atoms with E-state index in [0.717, 1.165) is 11.3 Å². The lowest BCUT2D eigenvalue weighted by molar-refractivity contribution is -0.131. The molecule has 18 heavy (non-hydrogen) atoms. The lowest BCUT2D eigenvalue weighted by Crippen LogP contribution is -2.41. The highest BCUT2D eigenvalue weighted by Crippen LogP contribution is 2.12. The fourth-order valence-corrected chi connectivity index (χ4v) is 2.09. The van der Waals surface area contributed by atoms with Gasteiger partial charge in [0.05, 0.1) is 6.04 Å². The summed E-state index contributed by atoms with van der Waals surface area (Å²) in [5, 5.41) is 9.18. The van der Waals surface area contributed by atoms with Crippen LogP contribution in [0.3, 0.4) is 0 Å². The highest BCUT2D eigenvalue weighted by molar-refractivity contribution is 7.98. The number of phenols is 1. The van der Waals surface area contributed by atoms with Crippen LogP contribution < -0.4 is 5.73 Å². The van der Waals surface area contributed by atoms with Crippen LogP contribution in [0.2, 0.25) is 0 Å². The van der Waals surface area contributed by atoms with Crippen LogP contribution in [0.1, 0.15) is 12.0 Å². The van der Waals surface area contributed by atoms with Crippen molar-refractivity contribution in [2.75, 3.05) is 19.1 Å². The predicted octanol–water partition coefficient (Wildman–Crippen LogP) is 1.43. The summed E-state index contributed by atoms with van der Waals surface area (Å²) in [6.45, 7) is 0.506. The van der Waals surface area contributed by atoms with Gasteiger partial charge in [0.2, 0.25) is 5.91 Å². The fraction of sp³-hybridized carbons (Fsp3) is 0.462. The standard InChI is InChI=1S/C13H20N2O2S/c1-15(13(17)12(14)7-8-18-2)9-10-3-5-11(16)6-4-10/h3-6,12,16H,7-9,14H2,1-2H3/t12-/m0/s1. The first kappa shape index (κ1) is 14.9. The number of rotatable bonds is 6. The van der Waals surface area contributed by atoms with E-state index in [1.807, 2.05) is 6.26 Å². The Morgan fingerprint density at radius 3 is 2.61 bits per heavy atom. The Kier molecular flexibility index (Phi) is 6.01. The normalized spacial score (nSPS) is 12.2. The van der Waals surface area contributed by atoms with Gasteiger partial charge < -0.3 is 15.7 Å². The molecule has 0 aliphatic carbocycles. The SMILES string of the molecule is CSCC[C@H](N)C(=O)N(C)Cc1ccc(O)cc1. The number of carbonyl (C=O) groups is 1. The molecule has 0 radical (unpaired) electrons. The lowest BCUT2D eigenvalue weighted by atomic mass is 10.1. The molecule has 0 aliphatic heterocycles. The third kappa shape index (κ3) is 4.58. The summed E-state index contributed by atoms with van der Waals surface area (Å²) in [7, 11) is 1.74. The molecule has 0 aromatic heterocycles. The van der Waals surface area contributed by atoms with Gasteiger partial charge in [-0.25, -0.2) is 0 Å². The molecule has 0 bridgehead atoms. The van der Waals surface area contributed by atoms with E-state index in [9.17, 15) is 9.90 Å². The van der Waals surface area contributed by atoms with E-state index >= 15 is 0 Å². The van der Waals surface area contributed by atoms with E-state index in [4.69, 9.17) is 5.73 Å². The molecular weight excluding hydrogens is 248 g/mol. The number of thioether (sulfide) groups is 1. The largest absolute Gasteiger partial charge is 0.508 e. The maximum absolute atomic E-state index is 12.0. The van der Waals surface area contributed by atoms with Crippen LogP contribution in [0.4, 0.5) is 0 Å². The van der Waals surface area contributed by atoms with Gasteiger partial charge in [-0.3, -0.25) is 4.79 Å². The van der Waals surface area contributed by atoms with Crippen LogP contribution in [0.15, 0.2) is 24.3 Å². The molecule has 0 fully saturated rings. The third-order valence-electron chi connectivity index (χ3n) is 2.68. The van der Waals surface area contributed by atoms with Crippen molar-refractivity contribution in [3.63, 3.8) is 0 Å². The quantitative estimate of drug-likeness (QED) is 0.819. The molecule has 4 nitrogen and oxygen atoms in total. The Morgan fingerprint density at radius 2 is 2.06 bits per heavy atom. The summed E-state index contributed by atoms with van der Waals surface area (Å²) in [6, 6.07) is 6.39.